The molecule has 0 spiro atoms. The van der Waals surface area contributed by atoms with Gasteiger partial charge in [-0.2, -0.15) is 0 Å². The Bertz CT molecular complexity index is 1240. The van der Waals surface area contributed by atoms with Crippen molar-refractivity contribution in [2.24, 2.45) is 5.92 Å². The maximum absolute atomic E-state index is 12.5. The van der Waals surface area contributed by atoms with Gasteiger partial charge in [-0.15, -0.1) is 0 Å². The van der Waals surface area contributed by atoms with E-state index in [0.717, 1.165) is 55.1 Å². The fraction of sp³-hybridized carbons (Fsp3) is 0.414. The van der Waals surface area contributed by atoms with Gasteiger partial charge in [-0.1, -0.05) is 23.9 Å². The third-order valence-corrected chi connectivity index (χ3v) is 7.60. The van der Waals surface area contributed by atoms with Crippen LogP contribution in [0.15, 0.2) is 53.9 Å². The fourth-order valence-corrected chi connectivity index (χ4v) is 5.31. The highest BCUT2D eigenvalue weighted by atomic mass is 32.2. The van der Waals surface area contributed by atoms with Gasteiger partial charge >= 0.3 is 0 Å². The van der Waals surface area contributed by atoms with Crippen molar-refractivity contribution < 1.29 is 23.7 Å². The third-order valence-electron chi connectivity index (χ3n) is 6.72. The first kappa shape index (κ1) is 28.5. The zero-order valence-electron chi connectivity index (χ0n) is 22.9. The number of rotatable bonds is 12. The highest BCUT2D eigenvalue weighted by Crippen LogP contribution is 2.32. The smallest absolute Gasteiger partial charge is 0.230 e. The summed E-state index contributed by atoms with van der Waals surface area (Å²) in [4.78, 5) is 23.8. The van der Waals surface area contributed by atoms with Crippen molar-refractivity contribution in [3.05, 3.63) is 54.4 Å². The molecule has 0 saturated carbocycles. The van der Waals surface area contributed by atoms with Crippen LogP contribution in [0.5, 0.6) is 23.0 Å². The summed E-state index contributed by atoms with van der Waals surface area (Å²) in [5.74, 6) is 3.48. The van der Waals surface area contributed by atoms with E-state index in [9.17, 15) is 4.79 Å². The number of benzene rings is 2. The molecule has 1 atom stereocenters. The lowest BCUT2D eigenvalue weighted by Gasteiger charge is -2.33. The Hall–Kier alpha value is -3.50. The van der Waals surface area contributed by atoms with Gasteiger partial charge in [0.1, 0.15) is 0 Å². The monoisotopic (exact) mass is 552 g/mol. The Morgan fingerprint density at radius 2 is 1.59 bits per heavy atom. The maximum Gasteiger partial charge on any atom is 0.230 e. The molecule has 1 aromatic heterocycles. The normalized spacial score (nSPS) is 15.4. The number of methoxy groups -OCH3 is 4. The molecule has 9 nitrogen and oxygen atoms in total. The number of nitrogens with zero attached hydrogens (tertiary/aromatic N) is 3. The summed E-state index contributed by atoms with van der Waals surface area (Å²) in [5.41, 5.74) is 2.97. The van der Waals surface area contributed by atoms with E-state index >= 15 is 0 Å². The molecule has 10 heteroatoms. The molecule has 0 aliphatic carbocycles. The number of amides is 1. The van der Waals surface area contributed by atoms with Gasteiger partial charge < -0.3 is 24.3 Å². The fourth-order valence-electron chi connectivity index (χ4n) is 4.69. The Labute approximate surface area is 234 Å². The Morgan fingerprint density at radius 3 is 2.28 bits per heavy atom. The van der Waals surface area contributed by atoms with Gasteiger partial charge in [0.2, 0.25) is 5.91 Å². The molecule has 1 unspecified atom stereocenters. The number of hydrogen-bond donors (Lipinski definition) is 1. The summed E-state index contributed by atoms with van der Waals surface area (Å²) in [6.45, 7) is 3.51. The van der Waals surface area contributed by atoms with Crippen LogP contribution in [0.25, 0.3) is 11.1 Å². The lowest BCUT2D eigenvalue weighted by molar-refractivity contribution is -0.118. The van der Waals surface area contributed by atoms with Crippen LogP contribution in [0.3, 0.4) is 0 Å². The molecule has 4 rings (SSSR count). The van der Waals surface area contributed by atoms with E-state index < -0.39 is 0 Å². The molecule has 208 valence electrons. The zero-order valence-corrected chi connectivity index (χ0v) is 23.8. The topological polar surface area (TPSA) is 95.0 Å². The van der Waals surface area contributed by atoms with Gasteiger partial charge in [0, 0.05) is 37.6 Å². The molecule has 2 heterocycles. The predicted octanol–water partition coefficient (Wildman–Crippen LogP) is 4.30. The SMILES string of the molecule is COc1ccc(CN2CCCC(CNC(=O)CSc3ncc(-c4ccc(OC)c(OC)c4)cn3)C2)cc1OC. The van der Waals surface area contributed by atoms with Gasteiger partial charge in [0.25, 0.3) is 0 Å². The van der Waals surface area contributed by atoms with Crippen molar-refractivity contribution in [3.63, 3.8) is 0 Å². The zero-order chi connectivity index (χ0) is 27.6. The van der Waals surface area contributed by atoms with Gasteiger partial charge in [-0.05, 0) is 60.7 Å². The molecular weight excluding hydrogens is 516 g/mol. The predicted molar refractivity (Wildman–Crippen MR) is 152 cm³/mol. The largest absolute Gasteiger partial charge is 0.493 e. The van der Waals surface area contributed by atoms with Crippen molar-refractivity contribution in [2.45, 2.75) is 24.5 Å². The minimum atomic E-state index is -0.00965. The molecule has 1 saturated heterocycles. The van der Waals surface area contributed by atoms with Gasteiger partial charge in [0.15, 0.2) is 28.2 Å². The van der Waals surface area contributed by atoms with Crippen LogP contribution in [0.2, 0.25) is 0 Å². The highest BCUT2D eigenvalue weighted by Gasteiger charge is 2.21. The van der Waals surface area contributed by atoms with Crippen LogP contribution >= 0.6 is 11.8 Å². The van der Waals surface area contributed by atoms with E-state index in [2.05, 4.69) is 26.3 Å². The lowest BCUT2D eigenvalue weighted by atomic mass is 9.97. The first-order valence-electron chi connectivity index (χ1n) is 12.9. The molecule has 0 bridgehead atoms. The average molecular weight is 553 g/mol. The average Bonchev–Trinajstić information content (AvgIpc) is 2.99. The molecule has 1 aliphatic heterocycles. The quantitative estimate of drug-likeness (QED) is 0.261. The van der Waals surface area contributed by atoms with Gasteiger partial charge in [-0.25, -0.2) is 9.97 Å². The molecule has 1 fully saturated rings. The molecule has 0 radical (unpaired) electrons. The number of piperidine rings is 1. The van der Waals surface area contributed by atoms with Crippen molar-refractivity contribution in [3.8, 4) is 34.1 Å². The Morgan fingerprint density at radius 1 is 0.923 bits per heavy atom. The van der Waals surface area contributed by atoms with Gasteiger partial charge in [-0.3, -0.25) is 9.69 Å². The number of carbonyl (C=O) groups excluding carboxylic acids is 1. The minimum Gasteiger partial charge on any atom is -0.493 e. The molecule has 1 aliphatic rings. The summed E-state index contributed by atoms with van der Waals surface area (Å²) in [6.07, 6.45) is 5.73. The molecule has 1 amide bonds. The van der Waals surface area contributed by atoms with E-state index in [1.807, 2.05) is 30.3 Å². The number of hydrogen-bond acceptors (Lipinski definition) is 9. The number of likely N-dealkylation sites (tertiary alicyclic amines) is 1. The Kier molecular flexibility index (Phi) is 10.3. The van der Waals surface area contributed by atoms with Crippen LogP contribution in [-0.4, -0.2) is 74.6 Å². The standard InChI is InChI=1S/C29H36N4O5S/c1-35-24-9-7-20(12-26(24)37-3)17-33-11-5-6-21(18-33)14-30-28(34)19-39-29-31-15-23(16-32-29)22-8-10-25(36-2)27(13-22)38-4/h7-10,12-13,15-16,21H,5-6,11,14,17-19H2,1-4H3,(H,30,34). The second-order valence-electron chi connectivity index (χ2n) is 9.35. The summed E-state index contributed by atoms with van der Waals surface area (Å²) >= 11 is 1.33. The van der Waals surface area contributed by atoms with Crippen LogP contribution < -0.4 is 24.3 Å². The van der Waals surface area contributed by atoms with Crippen LogP contribution in [0.1, 0.15) is 18.4 Å². The molecule has 2 aromatic carbocycles. The number of thioether (sulfide) groups is 1. The van der Waals surface area contributed by atoms with Crippen molar-refractivity contribution in [2.75, 3.05) is 53.8 Å². The van der Waals surface area contributed by atoms with Crippen LogP contribution in [0.4, 0.5) is 0 Å². The van der Waals surface area contributed by atoms with Crippen LogP contribution in [0, 0.1) is 5.92 Å². The summed E-state index contributed by atoms with van der Waals surface area (Å²) < 4.78 is 21.5. The number of aromatic nitrogens is 2. The number of ether oxygens (including phenoxy) is 4. The second-order valence-corrected chi connectivity index (χ2v) is 10.3. The third kappa shape index (κ3) is 7.77. The Balaban J connectivity index is 1.22. The summed E-state index contributed by atoms with van der Waals surface area (Å²) in [7, 11) is 6.51. The highest BCUT2D eigenvalue weighted by molar-refractivity contribution is 7.99. The minimum absolute atomic E-state index is 0.00965. The molecular formula is C29H36N4O5S. The number of nitrogens with one attached hydrogen (secondary N) is 1. The van der Waals surface area contributed by atoms with Crippen molar-refractivity contribution in [1.29, 1.82) is 0 Å². The molecule has 39 heavy (non-hydrogen) atoms. The van der Waals surface area contributed by atoms with E-state index in [1.54, 1.807) is 40.8 Å². The van der Waals surface area contributed by atoms with E-state index in [1.165, 1.54) is 17.3 Å². The first-order chi connectivity index (χ1) is 19.0. The maximum atomic E-state index is 12.5. The van der Waals surface area contributed by atoms with Crippen LogP contribution in [-0.2, 0) is 11.3 Å². The first-order valence-corrected chi connectivity index (χ1v) is 13.9. The van der Waals surface area contributed by atoms with Crippen molar-refractivity contribution >= 4 is 17.7 Å². The molecule has 1 N–H and O–H groups in total. The van der Waals surface area contributed by atoms with E-state index in [0.29, 0.717) is 29.1 Å². The summed E-state index contributed by atoms with van der Waals surface area (Å²) in [5, 5.41) is 3.66. The molecule has 3 aromatic rings. The van der Waals surface area contributed by atoms with Gasteiger partial charge in [0.05, 0.1) is 34.2 Å². The number of carbonyl (C=O) groups is 1. The van der Waals surface area contributed by atoms with E-state index in [4.69, 9.17) is 18.9 Å². The lowest BCUT2D eigenvalue weighted by Crippen LogP contribution is -2.40. The summed E-state index contributed by atoms with van der Waals surface area (Å²) in [6, 6.07) is 11.7. The second kappa shape index (κ2) is 14.0. The van der Waals surface area contributed by atoms with Crippen molar-refractivity contribution in [1.82, 2.24) is 20.2 Å². The van der Waals surface area contributed by atoms with E-state index in [-0.39, 0.29) is 11.7 Å².